The Morgan fingerprint density at radius 3 is 2.33 bits per heavy atom. The van der Waals surface area contributed by atoms with E-state index < -0.39 is 15.9 Å². The van der Waals surface area contributed by atoms with Gasteiger partial charge in [-0.2, -0.15) is 0 Å². The Bertz CT molecular complexity index is 297. The highest BCUT2D eigenvalue weighted by Gasteiger charge is 2.16. The van der Waals surface area contributed by atoms with E-state index in [2.05, 4.69) is 0 Å². The number of Topliss-reactive ketones (excluding diaryl/α,β-unsaturated/α-hetero) is 1. The highest BCUT2D eigenvalue weighted by Crippen LogP contribution is 1.97. The van der Waals surface area contributed by atoms with Crippen LogP contribution in [0.1, 0.15) is 20.3 Å². The van der Waals surface area contributed by atoms with E-state index in [0.717, 1.165) is 6.26 Å². The van der Waals surface area contributed by atoms with Crippen molar-refractivity contribution in [3.05, 3.63) is 0 Å². The average Bonchev–Trinajstić information content (AvgIpc) is 2.08. The minimum Gasteiger partial charge on any atom is -0.371 e. The largest absolute Gasteiger partial charge is 0.371 e. The van der Waals surface area contributed by atoms with E-state index in [-0.39, 0.29) is 30.7 Å². The molecule has 0 fully saturated rings. The first kappa shape index (κ1) is 14.5. The third-order valence-electron chi connectivity index (χ3n) is 1.77. The topological polar surface area (TPSA) is 86.5 Å². The summed E-state index contributed by atoms with van der Waals surface area (Å²) in [5.41, 5.74) is 5.52. The zero-order chi connectivity index (χ0) is 12.1. The van der Waals surface area contributed by atoms with Crippen molar-refractivity contribution in [2.75, 3.05) is 18.6 Å². The number of ketones is 1. The molecule has 0 aliphatic carbocycles. The van der Waals surface area contributed by atoms with Gasteiger partial charge in [-0.05, 0) is 20.3 Å². The fraction of sp³-hybridized carbons (Fsp3) is 0.889. The van der Waals surface area contributed by atoms with Crippen LogP contribution in [-0.2, 0) is 19.4 Å². The lowest BCUT2D eigenvalue weighted by Crippen LogP contribution is -2.35. The summed E-state index contributed by atoms with van der Waals surface area (Å²) in [6, 6.07) is -0.751. The number of rotatable bonds is 7. The summed E-state index contributed by atoms with van der Waals surface area (Å²) in [6.45, 7) is 3.58. The number of nitrogens with two attached hydrogens (primary N) is 1. The first-order chi connectivity index (χ1) is 6.72. The molecule has 90 valence electrons. The van der Waals surface area contributed by atoms with Crippen LogP contribution in [0.25, 0.3) is 0 Å². The number of hydrogen-bond acceptors (Lipinski definition) is 5. The number of ether oxygens (including phenoxy) is 1. The second kappa shape index (κ2) is 6.19. The minimum absolute atomic E-state index is 0.0314. The number of carbonyl (C=O) groups is 1. The molecule has 0 spiro atoms. The zero-order valence-electron chi connectivity index (χ0n) is 9.39. The van der Waals surface area contributed by atoms with Crippen LogP contribution < -0.4 is 5.73 Å². The van der Waals surface area contributed by atoms with Crippen LogP contribution in [0.15, 0.2) is 0 Å². The lowest BCUT2D eigenvalue weighted by Gasteiger charge is -2.11. The second-order valence-electron chi connectivity index (χ2n) is 3.85. The van der Waals surface area contributed by atoms with Crippen LogP contribution in [-0.4, -0.2) is 45.0 Å². The van der Waals surface area contributed by atoms with E-state index in [9.17, 15) is 13.2 Å². The summed E-state index contributed by atoms with van der Waals surface area (Å²) in [6.07, 6.45) is 1.24. The maximum absolute atomic E-state index is 11.3. The molecule has 0 rings (SSSR count). The molecular weight excluding hydrogens is 218 g/mol. The van der Waals surface area contributed by atoms with Crippen LogP contribution >= 0.6 is 0 Å². The van der Waals surface area contributed by atoms with E-state index in [1.807, 2.05) is 13.8 Å². The molecule has 0 amide bonds. The predicted octanol–water partition coefficient (Wildman–Crippen LogP) is -0.257. The molecule has 0 aromatic rings. The van der Waals surface area contributed by atoms with Gasteiger partial charge in [0.1, 0.15) is 16.4 Å². The van der Waals surface area contributed by atoms with E-state index in [0.29, 0.717) is 0 Å². The van der Waals surface area contributed by atoms with Gasteiger partial charge < -0.3 is 10.5 Å². The second-order valence-corrected chi connectivity index (χ2v) is 6.11. The molecule has 0 radical (unpaired) electrons. The van der Waals surface area contributed by atoms with Gasteiger partial charge in [-0.3, -0.25) is 4.79 Å². The van der Waals surface area contributed by atoms with Gasteiger partial charge in [-0.1, -0.05) is 0 Å². The molecule has 0 aliphatic rings. The van der Waals surface area contributed by atoms with Gasteiger partial charge in [0, 0.05) is 6.26 Å². The fourth-order valence-corrected chi connectivity index (χ4v) is 1.54. The SMILES string of the molecule is CC(C)OCC(=O)C(N)CCS(C)(=O)=O. The summed E-state index contributed by atoms with van der Waals surface area (Å²) in [5, 5.41) is 0. The first-order valence-corrected chi connectivity index (χ1v) is 6.86. The molecule has 2 N–H and O–H groups in total. The fourth-order valence-electron chi connectivity index (χ4n) is 0.858. The van der Waals surface area contributed by atoms with E-state index in [1.54, 1.807) is 0 Å². The Morgan fingerprint density at radius 1 is 1.40 bits per heavy atom. The molecule has 15 heavy (non-hydrogen) atoms. The predicted molar refractivity (Wildman–Crippen MR) is 58.4 cm³/mol. The summed E-state index contributed by atoms with van der Waals surface area (Å²) in [4.78, 5) is 11.3. The number of sulfone groups is 1. The van der Waals surface area contributed by atoms with Crippen LogP contribution in [0.5, 0.6) is 0 Å². The van der Waals surface area contributed by atoms with Crippen molar-refractivity contribution >= 4 is 15.6 Å². The van der Waals surface area contributed by atoms with Crippen molar-refractivity contribution in [2.24, 2.45) is 5.73 Å². The van der Waals surface area contributed by atoms with Gasteiger partial charge in [-0.15, -0.1) is 0 Å². The Kier molecular flexibility index (Phi) is 6.00. The monoisotopic (exact) mass is 237 g/mol. The molecule has 0 bridgehead atoms. The highest BCUT2D eigenvalue weighted by atomic mass is 32.2. The summed E-state index contributed by atoms with van der Waals surface area (Å²) in [7, 11) is -3.06. The van der Waals surface area contributed by atoms with Crippen LogP contribution in [0.3, 0.4) is 0 Å². The van der Waals surface area contributed by atoms with Crippen LogP contribution in [0.4, 0.5) is 0 Å². The lowest BCUT2D eigenvalue weighted by molar-refractivity contribution is -0.126. The van der Waals surface area contributed by atoms with Gasteiger partial charge in [0.15, 0.2) is 5.78 Å². The molecule has 0 saturated heterocycles. The zero-order valence-corrected chi connectivity index (χ0v) is 10.2. The molecule has 0 aromatic carbocycles. The van der Waals surface area contributed by atoms with Crippen molar-refractivity contribution in [3.63, 3.8) is 0 Å². The lowest BCUT2D eigenvalue weighted by atomic mass is 10.1. The molecule has 1 atom stereocenters. The Balaban J connectivity index is 3.90. The maximum atomic E-state index is 11.3. The van der Waals surface area contributed by atoms with Crippen molar-refractivity contribution in [2.45, 2.75) is 32.4 Å². The molecule has 0 saturated carbocycles. The van der Waals surface area contributed by atoms with Crippen molar-refractivity contribution < 1.29 is 17.9 Å². The van der Waals surface area contributed by atoms with Crippen molar-refractivity contribution in [3.8, 4) is 0 Å². The molecule has 1 unspecified atom stereocenters. The maximum Gasteiger partial charge on any atom is 0.175 e. The molecule has 6 heteroatoms. The van der Waals surface area contributed by atoms with E-state index in [4.69, 9.17) is 10.5 Å². The molecule has 5 nitrogen and oxygen atoms in total. The van der Waals surface area contributed by atoms with E-state index >= 15 is 0 Å². The highest BCUT2D eigenvalue weighted by molar-refractivity contribution is 7.90. The van der Waals surface area contributed by atoms with Gasteiger partial charge in [-0.25, -0.2) is 8.42 Å². The molecule has 0 aromatic heterocycles. The molecular formula is C9H19NO4S. The minimum atomic E-state index is -3.06. The average molecular weight is 237 g/mol. The smallest absolute Gasteiger partial charge is 0.175 e. The quantitative estimate of drug-likeness (QED) is 0.659. The van der Waals surface area contributed by atoms with Crippen molar-refractivity contribution in [1.82, 2.24) is 0 Å². The Labute approximate surface area is 90.9 Å². The first-order valence-electron chi connectivity index (χ1n) is 4.80. The van der Waals surface area contributed by atoms with E-state index in [1.165, 1.54) is 0 Å². The molecule has 0 aliphatic heterocycles. The third kappa shape index (κ3) is 8.53. The number of carbonyl (C=O) groups excluding carboxylic acids is 1. The van der Waals surface area contributed by atoms with Crippen LogP contribution in [0, 0.1) is 0 Å². The molecule has 0 heterocycles. The van der Waals surface area contributed by atoms with Gasteiger partial charge in [0.25, 0.3) is 0 Å². The van der Waals surface area contributed by atoms with Gasteiger partial charge in [0.2, 0.25) is 0 Å². The van der Waals surface area contributed by atoms with Crippen LogP contribution in [0.2, 0.25) is 0 Å². The summed E-state index contributed by atoms with van der Waals surface area (Å²) >= 11 is 0. The standard InChI is InChI=1S/C9H19NO4S/c1-7(2)14-6-9(11)8(10)4-5-15(3,12)13/h7-8H,4-6,10H2,1-3H3. The van der Waals surface area contributed by atoms with Gasteiger partial charge in [0.05, 0.1) is 17.9 Å². The summed E-state index contributed by atoms with van der Waals surface area (Å²) < 4.78 is 26.7. The number of hydrogen-bond donors (Lipinski definition) is 1. The van der Waals surface area contributed by atoms with Gasteiger partial charge >= 0.3 is 0 Å². The normalized spacial score (nSPS) is 14.2. The third-order valence-corrected chi connectivity index (χ3v) is 2.75. The summed E-state index contributed by atoms with van der Waals surface area (Å²) in [5.74, 6) is -0.325. The Morgan fingerprint density at radius 2 is 1.93 bits per heavy atom. The van der Waals surface area contributed by atoms with Crippen molar-refractivity contribution in [1.29, 1.82) is 0 Å². The Hall–Kier alpha value is -0.460.